The SMILES string of the molecule is CC[C@H]1OC(=O)[C@H](C)[C@@H](O[C@H]2C[C@@](C)(OC)[C@@H](O)[C@H](C)O2)[C@H](C)[C@@H](O[C@H]2C[C@@H](N(C)CCc3cn([C@H](CF)Cc4ccc(-c5cncc6ccccc56)cc4)nn3)C[C@@H](C)O2)[C@](C)(O)C[C@@H](C)CN(C)[C@H](C)[C@@H](O)[C@]1(C)O. The van der Waals surface area contributed by atoms with Crippen molar-refractivity contribution in [2.45, 2.75) is 204 Å². The van der Waals surface area contributed by atoms with E-state index in [1.165, 1.54) is 14.0 Å². The van der Waals surface area contributed by atoms with Crippen molar-refractivity contribution in [3.63, 3.8) is 0 Å². The van der Waals surface area contributed by atoms with Crippen molar-refractivity contribution >= 4 is 16.7 Å². The van der Waals surface area contributed by atoms with Crippen molar-refractivity contribution in [2.24, 2.45) is 17.8 Å². The first-order valence-electron chi connectivity index (χ1n) is 27.9. The summed E-state index contributed by atoms with van der Waals surface area (Å²) in [6.07, 6.45) is 0.434. The second-order valence-electron chi connectivity index (χ2n) is 23.6. The molecular weight excluding hydrogens is 988 g/mol. The first kappa shape index (κ1) is 60.6. The number of ether oxygens (including phenoxy) is 6. The minimum absolute atomic E-state index is 0.00278. The van der Waals surface area contributed by atoms with Crippen LogP contribution in [0.1, 0.15) is 119 Å². The van der Waals surface area contributed by atoms with Crippen LogP contribution in [-0.4, -0.2) is 181 Å². The number of aliphatic hydroxyl groups is 4. The molecule has 0 spiro atoms. The average molecular weight is 1080 g/mol. The van der Waals surface area contributed by atoms with Crippen molar-refractivity contribution in [3.05, 3.63) is 78.4 Å². The number of benzene rings is 2. The van der Waals surface area contributed by atoms with Crippen LogP contribution in [0.25, 0.3) is 21.9 Å². The molecule has 3 fully saturated rings. The molecule has 3 aliphatic rings. The standard InChI is InChI=1S/C59H89FN6O11/c1-14-49-59(10,71)53(67)39(6)65(12)33-35(2)28-57(8,70)55(37(4)52(38(5)56(69)75-49)76-51-29-58(9,72-13)54(68)40(7)74-51)77-50-27-45(25-36(3)73-50)64(11)24-23-44-34-66(63-62-44)46(30-60)26-41-19-21-42(22-20-41)48-32-61-31-43-17-15-16-18-47(43)48/h15-22,31-32,34-40,45-46,49-55,67-68,70-71H,14,23-30,33H2,1-13H3/t35-,36-,37+,38-,39-,40+,45+,46+,49-,50+,51+,52+,53-,54+,55-,57-,58-,59-/m1/s1. The van der Waals surface area contributed by atoms with Crippen molar-refractivity contribution in [3.8, 4) is 11.1 Å². The van der Waals surface area contributed by atoms with Crippen molar-refractivity contribution in [2.75, 3.05) is 41.0 Å². The number of nitrogens with zero attached hydrogens (tertiary/aromatic N) is 6. The fourth-order valence-electron chi connectivity index (χ4n) is 12.4. The number of aliphatic hydroxyl groups excluding tert-OH is 2. The number of hydrogen-bond donors (Lipinski definition) is 4. The van der Waals surface area contributed by atoms with E-state index < -0.39 is 103 Å². The molecule has 2 aromatic heterocycles. The molecular formula is C59H89FN6O11. The van der Waals surface area contributed by atoms with Gasteiger partial charge >= 0.3 is 5.97 Å². The average Bonchev–Trinajstić information content (AvgIpc) is 3.89. The molecule has 3 saturated heterocycles. The maximum atomic E-state index is 14.7. The summed E-state index contributed by atoms with van der Waals surface area (Å²) in [6, 6.07) is 15.3. The Morgan fingerprint density at radius 1 is 0.922 bits per heavy atom. The molecule has 0 unspecified atom stereocenters. The number of pyridine rings is 1. The number of likely N-dealkylation sites (N-methyl/N-ethyl adjacent to an activating group) is 2. The van der Waals surface area contributed by atoms with Crippen LogP contribution in [0.4, 0.5) is 4.39 Å². The summed E-state index contributed by atoms with van der Waals surface area (Å²) in [5.74, 6) is -2.54. The Balaban J connectivity index is 1.08. The first-order valence-corrected chi connectivity index (χ1v) is 27.9. The number of carbonyl (C=O) groups excluding carboxylic acids is 1. The summed E-state index contributed by atoms with van der Waals surface area (Å²) in [5, 5.41) is 58.6. The largest absolute Gasteiger partial charge is 0.459 e. The highest BCUT2D eigenvalue weighted by Gasteiger charge is 2.52. The van der Waals surface area contributed by atoms with Gasteiger partial charge in [-0.1, -0.05) is 74.5 Å². The number of hydrogen-bond acceptors (Lipinski definition) is 16. The van der Waals surface area contributed by atoms with Crippen LogP contribution in [0.5, 0.6) is 0 Å². The third-order valence-electron chi connectivity index (χ3n) is 17.3. The molecule has 0 amide bonds. The molecule has 0 radical (unpaired) electrons. The summed E-state index contributed by atoms with van der Waals surface area (Å²) in [5.41, 5.74) is -0.569. The van der Waals surface area contributed by atoms with Gasteiger partial charge in [0.2, 0.25) is 0 Å². The maximum absolute atomic E-state index is 14.7. The summed E-state index contributed by atoms with van der Waals surface area (Å²) in [4.78, 5) is 23.2. The number of alkyl halides is 1. The Bertz CT molecular complexity index is 2510. The number of cyclic esters (lactones) is 1. The van der Waals surface area contributed by atoms with Gasteiger partial charge in [-0.3, -0.25) is 9.78 Å². The van der Waals surface area contributed by atoms with E-state index in [1.54, 1.807) is 39.3 Å². The van der Waals surface area contributed by atoms with Gasteiger partial charge in [0.1, 0.15) is 30.6 Å². The molecule has 18 heteroatoms. The lowest BCUT2D eigenvalue weighted by Gasteiger charge is -2.48. The van der Waals surface area contributed by atoms with Gasteiger partial charge in [-0.05, 0) is 111 Å². The highest BCUT2D eigenvalue weighted by Crippen LogP contribution is 2.40. The molecule has 428 valence electrons. The Morgan fingerprint density at radius 3 is 2.32 bits per heavy atom. The molecule has 77 heavy (non-hydrogen) atoms. The van der Waals surface area contributed by atoms with Crippen molar-refractivity contribution < 1.29 is 58.0 Å². The van der Waals surface area contributed by atoms with Gasteiger partial charge in [-0.15, -0.1) is 5.10 Å². The predicted octanol–water partition coefficient (Wildman–Crippen LogP) is 7.10. The van der Waals surface area contributed by atoms with E-state index in [0.717, 1.165) is 33.2 Å². The predicted molar refractivity (Wildman–Crippen MR) is 291 cm³/mol. The third-order valence-corrected chi connectivity index (χ3v) is 17.3. The van der Waals surface area contributed by atoms with E-state index >= 15 is 0 Å². The number of fused-ring (bicyclic) bond motifs is 1. The molecule has 0 bridgehead atoms. The van der Waals surface area contributed by atoms with E-state index in [1.807, 2.05) is 88.6 Å². The van der Waals surface area contributed by atoms with Crippen LogP contribution in [0, 0.1) is 17.8 Å². The van der Waals surface area contributed by atoms with Gasteiger partial charge in [-0.2, -0.15) is 0 Å². The summed E-state index contributed by atoms with van der Waals surface area (Å²) in [7, 11) is 5.44. The Morgan fingerprint density at radius 2 is 1.64 bits per heavy atom. The number of carbonyl (C=O) groups is 1. The molecule has 4 N–H and O–H groups in total. The minimum Gasteiger partial charge on any atom is -0.459 e. The monoisotopic (exact) mass is 1080 g/mol. The molecule has 2 aromatic carbocycles. The Hall–Kier alpha value is -4.05. The van der Waals surface area contributed by atoms with Crippen LogP contribution >= 0.6 is 0 Å². The molecule has 5 heterocycles. The molecule has 17 nitrogen and oxygen atoms in total. The van der Waals surface area contributed by atoms with Crippen molar-refractivity contribution in [1.29, 1.82) is 0 Å². The lowest BCUT2D eigenvalue weighted by molar-refractivity contribution is -0.308. The third kappa shape index (κ3) is 14.1. The van der Waals surface area contributed by atoms with Gasteiger partial charge in [-0.25, -0.2) is 9.07 Å². The summed E-state index contributed by atoms with van der Waals surface area (Å²) >= 11 is 0. The van der Waals surface area contributed by atoms with Gasteiger partial charge < -0.3 is 58.6 Å². The number of halogens is 1. The van der Waals surface area contributed by atoms with E-state index in [2.05, 4.69) is 45.4 Å². The molecule has 18 atom stereocenters. The zero-order valence-corrected chi connectivity index (χ0v) is 47.8. The lowest BCUT2D eigenvalue weighted by atomic mass is 9.77. The smallest absolute Gasteiger partial charge is 0.311 e. The molecule has 0 saturated carbocycles. The topological polar surface area (TPSA) is 203 Å². The van der Waals surface area contributed by atoms with Crippen LogP contribution in [0.2, 0.25) is 0 Å². The zero-order chi connectivity index (χ0) is 56.1. The molecule has 4 aromatic rings. The molecule has 0 aliphatic carbocycles. The highest BCUT2D eigenvalue weighted by molar-refractivity contribution is 5.95. The highest BCUT2D eigenvalue weighted by atomic mass is 19.1. The van der Waals surface area contributed by atoms with E-state index in [9.17, 15) is 29.6 Å². The summed E-state index contributed by atoms with van der Waals surface area (Å²) in [6.45, 7) is 18.4. The number of rotatable bonds is 15. The van der Waals surface area contributed by atoms with Crippen LogP contribution < -0.4 is 0 Å². The normalized spacial score (nSPS) is 36.8. The van der Waals surface area contributed by atoms with Gasteiger partial charge in [0, 0.05) is 87.0 Å². The van der Waals surface area contributed by atoms with Gasteiger partial charge in [0.05, 0.1) is 53.3 Å². The van der Waals surface area contributed by atoms with E-state index in [4.69, 9.17) is 28.4 Å². The molecule has 3 aliphatic heterocycles. The Kier molecular flexibility index (Phi) is 20.1. The Labute approximate surface area is 455 Å². The minimum atomic E-state index is -1.82. The molecule has 7 rings (SSSR count). The van der Waals surface area contributed by atoms with Crippen molar-refractivity contribution in [1.82, 2.24) is 29.8 Å². The fraction of sp³-hybridized carbons (Fsp3) is 0.695. The zero-order valence-electron chi connectivity index (χ0n) is 47.8. The van der Waals surface area contributed by atoms with E-state index in [-0.39, 0.29) is 37.3 Å². The van der Waals surface area contributed by atoms with Gasteiger partial charge in [0.25, 0.3) is 0 Å². The van der Waals surface area contributed by atoms with Crippen LogP contribution in [-0.2, 0) is 46.1 Å². The number of aromatic nitrogens is 4. The maximum Gasteiger partial charge on any atom is 0.311 e. The fourth-order valence-corrected chi connectivity index (χ4v) is 12.4. The van der Waals surface area contributed by atoms with Gasteiger partial charge in [0.15, 0.2) is 12.6 Å². The van der Waals surface area contributed by atoms with Crippen LogP contribution in [0.15, 0.2) is 67.1 Å². The second-order valence-corrected chi connectivity index (χ2v) is 23.6. The number of esters is 1. The van der Waals surface area contributed by atoms with Crippen LogP contribution in [0.3, 0.4) is 0 Å². The summed E-state index contributed by atoms with van der Waals surface area (Å²) < 4.78 is 55.1. The first-order chi connectivity index (χ1) is 36.4. The quantitative estimate of drug-likeness (QED) is 0.0877. The number of methoxy groups -OCH3 is 1. The van der Waals surface area contributed by atoms with E-state index in [0.29, 0.717) is 38.8 Å². The lowest BCUT2D eigenvalue weighted by Crippen LogP contribution is -2.59. The second kappa shape index (κ2) is 25.6.